The van der Waals surface area contributed by atoms with Crippen LogP contribution in [0.1, 0.15) is 0 Å². The maximum atomic E-state index is 9.66. The molecule has 0 aliphatic carbocycles. The monoisotopic (exact) mass is 123 g/mol. The summed E-state index contributed by atoms with van der Waals surface area (Å²) in [5.74, 6) is -1.09. The van der Waals surface area contributed by atoms with E-state index in [4.69, 9.17) is 15.4 Å². The fraction of sp³-hybridized carbons (Fsp3) is 0.500. The predicted octanol–water partition coefficient (Wildman–Crippen LogP) is -1.56. The highest BCUT2D eigenvalue weighted by Gasteiger charge is 2.10. The van der Waals surface area contributed by atoms with Crippen LogP contribution >= 0.6 is 0 Å². The van der Waals surface area contributed by atoms with E-state index in [2.05, 4.69) is 0 Å². The lowest BCUT2D eigenvalue weighted by Gasteiger charge is -1.83. The molecule has 42 valence electrons. The van der Waals surface area contributed by atoms with Crippen LogP contribution in [0.25, 0.3) is 0 Å². The third-order valence-corrected chi connectivity index (χ3v) is 0.870. The molecule has 0 rings (SSSR count). The summed E-state index contributed by atoms with van der Waals surface area (Å²) < 4.78 is 0. The molecule has 0 aromatic rings. The van der Waals surface area contributed by atoms with Crippen molar-refractivity contribution < 1.29 is 9.90 Å². The smallest absolute Gasteiger partial charge is 0.358 e. The second kappa shape index (κ2) is 2.84. The minimum atomic E-state index is -0.951. The van der Waals surface area contributed by atoms with Gasteiger partial charge in [0.1, 0.15) is 0 Å². The van der Waals surface area contributed by atoms with Crippen LogP contribution in [0, 0.1) is 0 Å². The number of carboxylic acid groups (broad SMARTS) is 1. The van der Waals surface area contributed by atoms with Gasteiger partial charge in [0.2, 0.25) is 5.75 Å². The number of carbonyl (C=O) groups is 1. The van der Waals surface area contributed by atoms with Crippen LogP contribution in [0.15, 0.2) is 0 Å². The van der Waals surface area contributed by atoms with Crippen LogP contribution in [0.2, 0.25) is 0 Å². The van der Waals surface area contributed by atoms with Gasteiger partial charge in [0, 0.05) is 0 Å². The van der Waals surface area contributed by atoms with Crippen LogP contribution in [-0.4, -0.2) is 16.8 Å². The maximum absolute atomic E-state index is 9.66. The van der Waals surface area contributed by atoms with Gasteiger partial charge in [0.05, 0.1) is 0 Å². The van der Waals surface area contributed by atoms with Gasteiger partial charge < -0.3 is 5.11 Å². The first-order valence-corrected chi connectivity index (χ1v) is 3.06. The SMILES string of the molecule is N[S+](N)CC(=O)O. The molecule has 7 heavy (non-hydrogen) atoms. The average molecular weight is 123 g/mol. The highest BCUT2D eigenvalue weighted by atomic mass is 32.2. The molecule has 4 nitrogen and oxygen atoms in total. The van der Waals surface area contributed by atoms with Crippen molar-refractivity contribution in [2.75, 3.05) is 5.75 Å². The lowest BCUT2D eigenvalue weighted by molar-refractivity contribution is -0.133. The zero-order chi connectivity index (χ0) is 5.86. The first-order valence-electron chi connectivity index (χ1n) is 1.54. The molecule has 0 fully saturated rings. The van der Waals surface area contributed by atoms with Gasteiger partial charge in [-0.3, -0.25) is 0 Å². The number of rotatable bonds is 2. The van der Waals surface area contributed by atoms with Gasteiger partial charge in [-0.2, -0.15) is 0 Å². The van der Waals surface area contributed by atoms with Gasteiger partial charge in [-0.25, -0.2) is 4.79 Å². The first kappa shape index (κ1) is 6.74. The van der Waals surface area contributed by atoms with Crippen LogP contribution in [0.3, 0.4) is 0 Å². The Morgan fingerprint density at radius 2 is 2.14 bits per heavy atom. The van der Waals surface area contributed by atoms with Crippen LogP contribution in [-0.2, 0) is 16.1 Å². The zero-order valence-corrected chi connectivity index (χ0v) is 4.44. The molecule has 0 radical (unpaired) electrons. The standard InChI is InChI=1S/C2H6N2O2S/c3-7(4)1-2(5)6/h1H2,(H3,3,4)(H,5,6)/p+1. The van der Waals surface area contributed by atoms with Crippen molar-refractivity contribution in [3.63, 3.8) is 0 Å². The first-order chi connectivity index (χ1) is 3.13. The number of hydrogen-bond donors (Lipinski definition) is 3. The lowest BCUT2D eigenvalue weighted by Crippen LogP contribution is -2.30. The summed E-state index contributed by atoms with van der Waals surface area (Å²) in [6.45, 7) is 0. The van der Waals surface area contributed by atoms with E-state index in [1.807, 2.05) is 0 Å². The minimum Gasteiger partial charge on any atom is -0.478 e. The Morgan fingerprint density at radius 1 is 1.71 bits per heavy atom. The van der Waals surface area contributed by atoms with Crippen molar-refractivity contribution >= 4 is 17.2 Å². The molecule has 5 heteroatoms. The molecule has 0 unspecified atom stereocenters. The number of carboxylic acids is 1. The normalized spacial score (nSPS) is 9.57. The van der Waals surface area contributed by atoms with Crippen molar-refractivity contribution in [1.29, 1.82) is 0 Å². The number of nitrogens with two attached hydrogens (primary N) is 2. The Balaban J connectivity index is 3.13. The van der Waals surface area contributed by atoms with Crippen LogP contribution < -0.4 is 10.3 Å². The van der Waals surface area contributed by atoms with Gasteiger partial charge in [-0.1, -0.05) is 0 Å². The molecule has 0 aliphatic heterocycles. The highest BCUT2D eigenvalue weighted by molar-refractivity contribution is 7.93. The van der Waals surface area contributed by atoms with Gasteiger partial charge in [0.25, 0.3) is 0 Å². The van der Waals surface area contributed by atoms with E-state index in [1.165, 1.54) is 0 Å². The van der Waals surface area contributed by atoms with Gasteiger partial charge >= 0.3 is 5.97 Å². The van der Waals surface area contributed by atoms with Crippen molar-refractivity contribution in [3.8, 4) is 0 Å². The fourth-order valence-corrected chi connectivity index (χ4v) is 0.428. The molecule has 0 spiro atoms. The van der Waals surface area contributed by atoms with Crippen molar-refractivity contribution in [3.05, 3.63) is 0 Å². The third-order valence-electron chi connectivity index (χ3n) is 0.290. The summed E-state index contributed by atoms with van der Waals surface area (Å²) in [6.07, 6.45) is 0. The predicted molar refractivity (Wildman–Crippen MR) is 28.2 cm³/mol. The van der Waals surface area contributed by atoms with Gasteiger partial charge in [-0.05, 0) is 0 Å². The Morgan fingerprint density at radius 3 is 2.14 bits per heavy atom. The van der Waals surface area contributed by atoms with Crippen molar-refractivity contribution in [2.24, 2.45) is 10.3 Å². The van der Waals surface area contributed by atoms with Crippen molar-refractivity contribution in [1.82, 2.24) is 0 Å². The molecular formula is C2H7N2O2S+. The molecule has 0 saturated carbocycles. The van der Waals surface area contributed by atoms with E-state index in [-0.39, 0.29) is 5.75 Å². The van der Waals surface area contributed by atoms with Gasteiger partial charge in [0.15, 0.2) is 11.3 Å². The summed E-state index contributed by atoms with van der Waals surface area (Å²) in [5.41, 5.74) is 0. The topological polar surface area (TPSA) is 89.3 Å². The molecule has 0 amide bonds. The second-order valence-electron chi connectivity index (χ2n) is 1.01. The van der Waals surface area contributed by atoms with Crippen LogP contribution in [0.4, 0.5) is 0 Å². The molecule has 0 saturated heterocycles. The molecule has 5 N–H and O–H groups in total. The molecule has 0 aliphatic rings. The fourth-order valence-electron chi connectivity index (χ4n) is 0.143. The molecular weight excluding hydrogens is 116 g/mol. The van der Waals surface area contributed by atoms with Gasteiger partial charge in [-0.15, -0.1) is 10.3 Å². The maximum Gasteiger partial charge on any atom is 0.358 e. The van der Waals surface area contributed by atoms with E-state index in [0.717, 1.165) is 0 Å². The Kier molecular flexibility index (Phi) is 2.73. The van der Waals surface area contributed by atoms with E-state index in [1.54, 1.807) is 0 Å². The summed E-state index contributed by atoms with van der Waals surface area (Å²) in [4.78, 5) is 9.66. The quantitative estimate of drug-likeness (QED) is 0.387. The van der Waals surface area contributed by atoms with E-state index >= 15 is 0 Å². The average Bonchev–Trinajstić information content (AvgIpc) is 1.27. The third kappa shape index (κ3) is 5.74. The molecule has 0 bridgehead atoms. The Bertz CT molecular complexity index is 74.1. The largest absolute Gasteiger partial charge is 0.478 e. The summed E-state index contributed by atoms with van der Waals surface area (Å²) in [5, 5.41) is 17.8. The van der Waals surface area contributed by atoms with E-state index in [0.29, 0.717) is 0 Å². The minimum absolute atomic E-state index is 0.139. The van der Waals surface area contributed by atoms with Crippen molar-refractivity contribution in [2.45, 2.75) is 0 Å². The summed E-state index contributed by atoms with van der Waals surface area (Å²) >= 11 is -0.945. The molecule has 0 aromatic carbocycles. The highest BCUT2D eigenvalue weighted by Crippen LogP contribution is 1.69. The number of hydrogen-bond acceptors (Lipinski definition) is 3. The lowest BCUT2D eigenvalue weighted by atomic mass is 10.8. The molecule has 0 heterocycles. The second-order valence-corrected chi connectivity index (χ2v) is 2.23. The number of aliphatic carboxylic acids is 1. The van der Waals surface area contributed by atoms with E-state index < -0.39 is 17.2 Å². The Labute approximate surface area is 44.1 Å². The summed E-state index contributed by atoms with van der Waals surface area (Å²) in [7, 11) is 0. The van der Waals surface area contributed by atoms with Crippen LogP contribution in [0.5, 0.6) is 0 Å². The molecule has 0 atom stereocenters. The van der Waals surface area contributed by atoms with E-state index in [9.17, 15) is 4.79 Å². The zero-order valence-electron chi connectivity index (χ0n) is 3.63. The Hall–Kier alpha value is -0.260. The molecule has 0 aromatic heterocycles. The summed E-state index contributed by atoms with van der Waals surface area (Å²) in [6, 6.07) is 0.